The lowest BCUT2D eigenvalue weighted by molar-refractivity contribution is -0.383. The third-order valence-corrected chi connectivity index (χ3v) is 6.63. The van der Waals surface area contributed by atoms with Gasteiger partial charge in [0.15, 0.2) is 11.1 Å². The minimum absolute atomic E-state index is 0.120. The summed E-state index contributed by atoms with van der Waals surface area (Å²) in [6.07, 6.45) is 6.76. The number of likely N-dealkylation sites (tertiary alicyclic amines) is 1. The molecule has 0 aliphatic carbocycles. The van der Waals surface area contributed by atoms with Crippen LogP contribution in [0, 0.1) is 10.1 Å². The molecule has 12 heteroatoms. The van der Waals surface area contributed by atoms with E-state index in [1.807, 2.05) is 58.5 Å². The zero-order valence-corrected chi connectivity index (χ0v) is 24.2. The van der Waals surface area contributed by atoms with E-state index in [9.17, 15) is 14.9 Å². The maximum Gasteiger partial charge on any atom is 0.410 e. The molecule has 0 unspecified atom stereocenters. The Labute approximate surface area is 237 Å². The summed E-state index contributed by atoms with van der Waals surface area (Å²) in [5.74, 6) is 0.787. The van der Waals surface area contributed by atoms with Crippen LogP contribution in [0.4, 0.5) is 16.3 Å². The van der Waals surface area contributed by atoms with E-state index < -0.39 is 10.5 Å². The second kappa shape index (κ2) is 10.5. The van der Waals surface area contributed by atoms with Crippen LogP contribution in [0.5, 0.6) is 0 Å². The molecule has 0 atom stereocenters. The summed E-state index contributed by atoms with van der Waals surface area (Å²) in [4.78, 5) is 34.5. The first-order valence-electron chi connectivity index (χ1n) is 13.6. The molecule has 5 rings (SSSR count). The van der Waals surface area contributed by atoms with Gasteiger partial charge in [-0.15, -0.1) is 0 Å². The molecule has 0 bridgehead atoms. The molecule has 0 spiro atoms. The fraction of sp³-hybridized carbons (Fsp3) is 0.448. The second-order valence-corrected chi connectivity index (χ2v) is 12.3. The van der Waals surface area contributed by atoms with Crippen molar-refractivity contribution in [3.8, 4) is 22.6 Å². The number of hydrogen-bond acceptors (Lipinski definition) is 9. The molecule has 4 heterocycles. The number of benzene rings is 1. The Morgan fingerprint density at radius 1 is 1.12 bits per heavy atom. The number of anilines is 1. The largest absolute Gasteiger partial charge is 0.444 e. The minimum Gasteiger partial charge on any atom is -0.444 e. The first-order valence-corrected chi connectivity index (χ1v) is 13.6. The number of oxazole rings is 1. The minimum atomic E-state index is -0.526. The van der Waals surface area contributed by atoms with E-state index in [0.29, 0.717) is 30.1 Å². The van der Waals surface area contributed by atoms with Crippen LogP contribution in [0.3, 0.4) is 0 Å². The van der Waals surface area contributed by atoms with E-state index >= 15 is 0 Å². The summed E-state index contributed by atoms with van der Waals surface area (Å²) in [7, 11) is 0. The number of hydrogen-bond donors (Lipinski definition) is 1. The van der Waals surface area contributed by atoms with Crippen molar-refractivity contribution in [2.24, 2.45) is 0 Å². The topological polar surface area (TPSA) is 141 Å². The standard InChI is InChI=1S/C29H35N7O5/c1-28(2,3)33-25-21(26-32-24-22(36(38)39)8-7-9-23(24)40-26)14-18(15-30-25)19-16-31-35(17-19)20-10-12-34(13-11-20)27(37)41-29(4,5)6/h7-9,14-17,20H,10-13H2,1-6H3,(H,30,33). The van der Waals surface area contributed by atoms with Gasteiger partial charge in [-0.05, 0) is 66.5 Å². The number of aromatic nitrogens is 4. The zero-order chi connectivity index (χ0) is 29.5. The molecule has 216 valence electrons. The Kier molecular flexibility index (Phi) is 7.18. The number of amides is 1. The highest BCUT2D eigenvalue weighted by molar-refractivity contribution is 5.87. The van der Waals surface area contributed by atoms with E-state index in [1.165, 1.54) is 6.07 Å². The number of nitro benzene ring substituents is 1. The summed E-state index contributed by atoms with van der Waals surface area (Å²) in [5.41, 5.74) is 1.80. The van der Waals surface area contributed by atoms with Crippen LogP contribution >= 0.6 is 0 Å². The number of piperidine rings is 1. The van der Waals surface area contributed by atoms with E-state index in [1.54, 1.807) is 29.4 Å². The Morgan fingerprint density at radius 3 is 2.51 bits per heavy atom. The van der Waals surface area contributed by atoms with Crippen LogP contribution in [0.1, 0.15) is 60.4 Å². The molecule has 1 aliphatic rings. The lowest BCUT2D eigenvalue weighted by Crippen LogP contribution is -2.42. The summed E-state index contributed by atoms with van der Waals surface area (Å²) >= 11 is 0. The molecular formula is C29H35N7O5. The Balaban J connectivity index is 1.42. The summed E-state index contributed by atoms with van der Waals surface area (Å²) in [6.45, 7) is 12.8. The lowest BCUT2D eigenvalue weighted by Gasteiger charge is -2.33. The third kappa shape index (κ3) is 6.31. The quantitative estimate of drug-likeness (QED) is 0.215. The first kappa shape index (κ1) is 28.1. The second-order valence-electron chi connectivity index (χ2n) is 12.3. The number of nitro groups is 1. The van der Waals surface area contributed by atoms with Gasteiger partial charge < -0.3 is 19.4 Å². The van der Waals surface area contributed by atoms with E-state index in [2.05, 4.69) is 20.4 Å². The molecule has 1 N–H and O–H groups in total. The fourth-order valence-electron chi connectivity index (χ4n) is 4.76. The lowest BCUT2D eigenvalue weighted by atomic mass is 10.0. The molecule has 1 fully saturated rings. The molecule has 1 aromatic carbocycles. The van der Waals surface area contributed by atoms with Crippen molar-refractivity contribution in [1.29, 1.82) is 0 Å². The highest BCUT2D eigenvalue weighted by Crippen LogP contribution is 2.36. The van der Waals surface area contributed by atoms with Crippen LogP contribution in [-0.4, -0.2) is 59.9 Å². The van der Waals surface area contributed by atoms with Crippen molar-refractivity contribution in [1.82, 2.24) is 24.6 Å². The molecule has 3 aromatic heterocycles. The van der Waals surface area contributed by atoms with Gasteiger partial charge in [-0.1, -0.05) is 6.07 Å². The molecule has 4 aromatic rings. The van der Waals surface area contributed by atoms with Crippen molar-refractivity contribution in [2.45, 2.75) is 71.6 Å². The Morgan fingerprint density at radius 2 is 1.85 bits per heavy atom. The van der Waals surface area contributed by atoms with Gasteiger partial charge in [0, 0.05) is 48.2 Å². The summed E-state index contributed by atoms with van der Waals surface area (Å²) in [5, 5.41) is 19.6. The van der Waals surface area contributed by atoms with Gasteiger partial charge in [-0.2, -0.15) is 5.10 Å². The molecule has 1 aliphatic heterocycles. The van der Waals surface area contributed by atoms with Crippen molar-refractivity contribution in [3.63, 3.8) is 0 Å². The average molecular weight is 562 g/mol. The number of fused-ring (bicyclic) bond motifs is 1. The third-order valence-electron chi connectivity index (χ3n) is 6.63. The highest BCUT2D eigenvalue weighted by Gasteiger charge is 2.28. The number of pyridine rings is 1. The number of nitrogens with zero attached hydrogens (tertiary/aromatic N) is 6. The molecule has 41 heavy (non-hydrogen) atoms. The number of ether oxygens (including phenoxy) is 1. The van der Waals surface area contributed by atoms with Gasteiger partial charge >= 0.3 is 6.09 Å². The number of nitrogens with one attached hydrogen (secondary N) is 1. The highest BCUT2D eigenvalue weighted by atomic mass is 16.6. The zero-order valence-electron chi connectivity index (χ0n) is 24.2. The normalized spacial score (nSPS) is 14.8. The van der Waals surface area contributed by atoms with Crippen LogP contribution in [0.25, 0.3) is 33.7 Å². The monoisotopic (exact) mass is 561 g/mol. The first-order chi connectivity index (χ1) is 19.3. The summed E-state index contributed by atoms with van der Waals surface area (Å²) in [6, 6.07) is 6.69. The molecule has 1 saturated heterocycles. The number of para-hydroxylation sites is 1. The van der Waals surface area contributed by atoms with Gasteiger partial charge in [-0.3, -0.25) is 14.8 Å². The number of carbonyl (C=O) groups is 1. The number of non-ortho nitro benzene ring substituents is 1. The van der Waals surface area contributed by atoms with E-state index in [0.717, 1.165) is 24.0 Å². The molecule has 0 saturated carbocycles. The average Bonchev–Trinajstić information content (AvgIpc) is 3.55. The molecular weight excluding hydrogens is 526 g/mol. The Bertz CT molecular complexity index is 1590. The van der Waals surface area contributed by atoms with E-state index in [4.69, 9.17) is 9.15 Å². The predicted molar refractivity (Wildman–Crippen MR) is 155 cm³/mol. The van der Waals surface area contributed by atoms with Crippen LogP contribution in [-0.2, 0) is 4.74 Å². The number of carbonyl (C=O) groups excluding carboxylic acids is 1. The van der Waals surface area contributed by atoms with E-state index in [-0.39, 0.29) is 34.8 Å². The SMILES string of the molecule is CC(C)(C)Nc1ncc(-c2cnn(C3CCN(C(=O)OC(C)(C)C)CC3)c2)cc1-c1nc2c([N+](=O)[O-])cccc2o1. The van der Waals surface area contributed by atoms with Gasteiger partial charge in [-0.25, -0.2) is 14.8 Å². The van der Waals surface area contributed by atoms with Crippen molar-refractivity contribution in [3.05, 3.63) is 53.0 Å². The molecule has 12 nitrogen and oxygen atoms in total. The van der Waals surface area contributed by atoms with Crippen LogP contribution in [0.15, 0.2) is 47.3 Å². The Hall–Kier alpha value is -4.48. The van der Waals surface area contributed by atoms with Gasteiger partial charge in [0.2, 0.25) is 5.89 Å². The van der Waals surface area contributed by atoms with Crippen LogP contribution < -0.4 is 5.32 Å². The number of rotatable bonds is 5. The maximum absolute atomic E-state index is 12.4. The van der Waals surface area contributed by atoms with Gasteiger partial charge in [0.05, 0.1) is 22.7 Å². The predicted octanol–water partition coefficient (Wildman–Crippen LogP) is 6.44. The van der Waals surface area contributed by atoms with Crippen LogP contribution in [0.2, 0.25) is 0 Å². The van der Waals surface area contributed by atoms with Crippen molar-refractivity contribution in [2.75, 3.05) is 18.4 Å². The summed E-state index contributed by atoms with van der Waals surface area (Å²) < 4.78 is 13.4. The van der Waals surface area contributed by atoms with Gasteiger partial charge in [0.25, 0.3) is 5.69 Å². The van der Waals surface area contributed by atoms with Crippen molar-refractivity contribution >= 4 is 28.7 Å². The fourth-order valence-corrected chi connectivity index (χ4v) is 4.76. The maximum atomic E-state index is 12.4. The smallest absolute Gasteiger partial charge is 0.410 e. The van der Waals surface area contributed by atoms with Gasteiger partial charge in [0.1, 0.15) is 11.4 Å². The molecule has 1 amide bonds. The molecule has 0 radical (unpaired) electrons. The van der Waals surface area contributed by atoms with Crippen molar-refractivity contribution < 1.29 is 18.9 Å².